The van der Waals surface area contributed by atoms with Crippen molar-refractivity contribution in [3.63, 3.8) is 0 Å². The first kappa shape index (κ1) is 24.9. The fourth-order valence-electron chi connectivity index (χ4n) is 3.31. The molecule has 10 nitrogen and oxygen atoms in total. The maximum absolute atomic E-state index is 15.0. The minimum absolute atomic E-state index is 0.00868. The molecule has 4 rings (SSSR count). The Kier molecular flexibility index (Phi) is 7.29. The molecular weight excluding hydrogens is 501 g/mol. The van der Waals surface area contributed by atoms with E-state index in [1.54, 1.807) is 18.3 Å². The van der Waals surface area contributed by atoms with Crippen LogP contribution in [0.1, 0.15) is 17.0 Å². The van der Waals surface area contributed by atoms with Crippen molar-refractivity contribution in [3.8, 4) is 5.69 Å². The van der Waals surface area contributed by atoms with Gasteiger partial charge in [0.2, 0.25) is 12.1 Å². The highest BCUT2D eigenvalue weighted by Gasteiger charge is 2.41. The minimum Gasteiger partial charge on any atom is -0.361 e. The van der Waals surface area contributed by atoms with Gasteiger partial charge in [-0.2, -0.15) is 13.9 Å². The summed E-state index contributed by atoms with van der Waals surface area (Å²) in [5.74, 6) is -5.70. The standard InChI is InChI=1S/C22H18ClF3N8O2/c23-15-9-30-21(31-11-22(25,26)18-5-1-2-7-34(18)36)20(24)14(15)8-19(35)29-10-16-17(4-3-6-28-16)33-13-27-12-32-33/h1-7,9,12-13H,8,10-11H2,(H2-,29,30,31,35,36)/p+1. The van der Waals surface area contributed by atoms with Crippen molar-refractivity contribution in [2.45, 2.75) is 18.9 Å². The van der Waals surface area contributed by atoms with Crippen molar-refractivity contribution in [2.24, 2.45) is 0 Å². The van der Waals surface area contributed by atoms with Crippen LogP contribution in [0.25, 0.3) is 5.69 Å². The fourth-order valence-corrected chi connectivity index (χ4v) is 3.51. The lowest BCUT2D eigenvalue weighted by Crippen LogP contribution is -2.43. The Morgan fingerprint density at radius 1 is 1.22 bits per heavy atom. The molecule has 14 heteroatoms. The summed E-state index contributed by atoms with van der Waals surface area (Å²) in [5.41, 5.74) is 0.165. The molecule has 186 valence electrons. The highest BCUT2D eigenvalue weighted by molar-refractivity contribution is 6.31. The van der Waals surface area contributed by atoms with Gasteiger partial charge in [0.1, 0.15) is 12.7 Å². The van der Waals surface area contributed by atoms with Crippen LogP contribution in [-0.2, 0) is 23.7 Å². The molecule has 36 heavy (non-hydrogen) atoms. The lowest BCUT2D eigenvalue weighted by molar-refractivity contribution is -0.913. The minimum atomic E-state index is -3.56. The monoisotopic (exact) mass is 519 g/mol. The van der Waals surface area contributed by atoms with Gasteiger partial charge >= 0.3 is 11.6 Å². The lowest BCUT2D eigenvalue weighted by atomic mass is 10.1. The SMILES string of the molecule is O=C(Cc1c(Cl)cnc(NCC(F)(F)c2cccc[n+]2O)c1F)NCc1ncccc1-n1cncn1. The second-order valence-corrected chi connectivity index (χ2v) is 7.91. The van der Waals surface area contributed by atoms with Gasteiger partial charge in [0.25, 0.3) is 0 Å². The van der Waals surface area contributed by atoms with Gasteiger partial charge < -0.3 is 10.6 Å². The third-order valence-corrected chi connectivity index (χ3v) is 5.41. The molecule has 0 atom stereocenters. The van der Waals surface area contributed by atoms with E-state index >= 15 is 4.39 Å². The van der Waals surface area contributed by atoms with Crippen molar-refractivity contribution < 1.29 is 27.9 Å². The van der Waals surface area contributed by atoms with Crippen LogP contribution >= 0.6 is 11.6 Å². The smallest absolute Gasteiger partial charge is 0.351 e. The predicted octanol–water partition coefficient (Wildman–Crippen LogP) is 2.44. The molecule has 0 fully saturated rings. The number of hydrogen-bond acceptors (Lipinski definition) is 7. The van der Waals surface area contributed by atoms with Gasteiger partial charge in [0.15, 0.2) is 11.6 Å². The number of nitrogens with zero attached hydrogens (tertiary/aromatic N) is 6. The van der Waals surface area contributed by atoms with Crippen LogP contribution < -0.4 is 15.4 Å². The zero-order valence-corrected chi connectivity index (χ0v) is 19.2. The fraction of sp³-hybridized carbons (Fsp3) is 0.182. The number of pyridine rings is 3. The Morgan fingerprint density at radius 3 is 2.81 bits per heavy atom. The number of halogens is 4. The van der Waals surface area contributed by atoms with Gasteiger partial charge in [-0.05, 0) is 18.2 Å². The van der Waals surface area contributed by atoms with Crippen LogP contribution in [-0.4, -0.2) is 42.4 Å². The lowest BCUT2D eigenvalue weighted by Gasteiger charge is -2.16. The van der Waals surface area contributed by atoms with Crippen molar-refractivity contribution in [2.75, 3.05) is 11.9 Å². The molecule has 0 bridgehead atoms. The van der Waals surface area contributed by atoms with E-state index in [1.165, 1.54) is 29.5 Å². The van der Waals surface area contributed by atoms with E-state index in [9.17, 15) is 18.8 Å². The number of carbonyl (C=O) groups is 1. The summed E-state index contributed by atoms with van der Waals surface area (Å²) in [6.45, 7) is -1.06. The number of hydrogen-bond donors (Lipinski definition) is 3. The summed E-state index contributed by atoms with van der Waals surface area (Å²) in [5, 5.41) is 18.4. The third-order valence-electron chi connectivity index (χ3n) is 5.08. The highest BCUT2D eigenvalue weighted by atomic mass is 35.5. The summed E-state index contributed by atoms with van der Waals surface area (Å²) >= 11 is 6.04. The quantitative estimate of drug-likeness (QED) is 0.229. The van der Waals surface area contributed by atoms with Crippen molar-refractivity contribution in [3.05, 3.63) is 89.4 Å². The molecule has 0 saturated carbocycles. The van der Waals surface area contributed by atoms with Gasteiger partial charge in [-0.3, -0.25) is 15.0 Å². The molecule has 0 saturated heterocycles. The molecule has 0 spiro atoms. The molecule has 4 aromatic rings. The average Bonchev–Trinajstić information content (AvgIpc) is 3.40. The summed E-state index contributed by atoms with van der Waals surface area (Å²) in [7, 11) is 0. The number of aromatic nitrogens is 6. The maximum atomic E-state index is 15.0. The Hall–Kier alpha value is -4.26. The highest BCUT2D eigenvalue weighted by Crippen LogP contribution is 2.28. The zero-order valence-electron chi connectivity index (χ0n) is 18.4. The molecule has 0 radical (unpaired) electrons. The third kappa shape index (κ3) is 5.51. The van der Waals surface area contributed by atoms with Crippen molar-refractivity contribution >= 4 is 23.3 Å². The molecule has 0 aromatic carbocycles. The molecule has 0 aliphatic rings. The first-order chi connectivity index (χ1) is 17.3. The van der Waals surface area contributed by atoms with E-state index in [2.05, 4.69) is 30.7 Å². The number of anilines is 1. The second-order valence-electron chi connectivity index (χ2n) is 7.50. The van der Waals surface area contributed by atoms with Gasteiger partial charge in [-0.25, -0.2) is 19.0 Å². The molecule has 1 amide bonds. The van der Waals surface area contributed by atoms with E-state index < -0.39 is 42.1 Å². The van der Waals surface area contributed by atoms with E-state index in [1.807, 2.05) is 0 Å². The van der Waals surface area contributed by atoms with Crippen molar-refractivity contribution in [1.29, 1.82) is 0 Å². The Labute approximate surface area is 207 Å². The molecule has 0 aliphatic heterocycles. The van der Waals surface area contributed by atoms with Crippen LogP contribution in [0.2, 0.25) is 5.02 Å². The number of rotatable bonds is 9. The average molecular weight is 520 g/mol. The molecule has 4 aromatic heterocycles. The zero-order chi connectivity index (χ0) is 25.7. The van der Waals surface area contributed by atoms with E-state index in [0.717, 1.165) is 18.5 Å². The van der Waals surface area contributed by atoms with Crippen LogP contribution in [0.5, 0.6) is 0 Å². The largest absolute Gasteiger partial charge is 0.361 e. The van der Waals surface area contributed by atoms with Gasteiger partial charge in [-0.15, -0.1) is 0 Å². The Morgan fingerprint density at radius 2 is 2.06 bits per heavy atom. The second kappa shape index (κ2) is 10.6. The maximum Gasteiger partial charge on any atom is 0.351 e. The predicted molar refractivity (Wildman–Crippen MR) is 120 cm³/mol. The van der Waals surface area contributed by atoms with Crippen molar-refractivity contribution in [1.82, 2.24) is 30.0 Å². The van der Waals surface area contributed by atoms with Gasteiger partial charge in [0.05, 0.1) is 35.9 Å². The topological polar surface area (TPSA) is 122 Å². The molecule has 0 aliphatic carbocycles. The van der Waals surface area contributed by atoms with Gasteiger partial charge in [-0.1, -0.05) is 11.6 Å². The number of carbonyl (C=O) groups excluding carboxylic acids is 1. The number of alkyl halides is 2. The van der Waals surface area contributed by atoms with Crippen LogP contribution in [0.4, 0.5) is 19.0 Å². The van der Waals surface area contributed by atoms with Gasteiger partial charge in [0, 0.05) is 34.8 Å². The van der Waals surface area contributed by atoms with Crippen LogP contribution in [0, 0.1) is 5.82 Å². The summed E-state index contributed by atoms with van der Waals surface area (Å²) in [4.78, 5) is 24.4. The number of amides is 1. The molecular formula is C22H19ClF3N8O2+. The summed E-state index contributed by atoms with van der Waals surface area (Å²) in [6.07, 6.45) is 6.00. The van der Waals surface area contributed by atoms with E-state index in [-0.39, 0.29) is 21.9 Å². The molecule has 4 heterocycles. The van der Waals surface area contributed by atoms with Crippen LogP contribution in [0.3, 0.4) is 0 Å². The summed E-state index contributed by atoms with van der Waals surface area (Å²) in [6, 6.07) is 7.16. The van der Waals surface area contributed by atoms with E-state index in [0.29, 0.717) is 11.4 Å². The number of nitrogens with one attached hydrogen (secondary N) is 2. The Bertz CT molecular complexity index is 1370. The first-order valence-corrected chi connectivity index (χ1v) is 10.8. The van der Waals surface area contributed by atoms with E-state index in [4.69, 9.17) is 11.6 Å². The first-order valence-electron chi connectivity index (χ1n) is 10.5. The summed E-state index contributed by atoms with van der Waals surface area (Å²) < 4.78 is 45.8. The normalized spacial score (nSPS) is 11.3. The Balaban J connectivity index is 1.44. The molecule has 0 unspecified atom stereocenters. The molecule has 3 N–H and O–H groups in total. The van der Waals surface area contributed by atoms with Crippen LogP contribution in [0.15, 0.2) is 61.6 Å².